The minimum Gasteiger partial charge on any atom is -0.352 e. The van der Waals surface area contributed by atoms with Crippen LogP contribution in [0.3, 0.4) is 0 Å². The van der Waals surface area contributed by atoms with Crippen LogP contribution in [-0.2, 0) is 4.79 Å². The topological polar surface area (TPSA) is 78.7 Å². The Balaban J connectivity index is 1.80. The predicted octanol–water partition coefficient (Wildman–Crippen LogP) is 2.95. The average Bonchev–Trinajstić information content (AvgIpc) is 2.68. The molecule has 1 aliphatic rings. The number of hydrogen-bond acceptors (Lipinski definition) is 3. The molecular formula is C21H25ClN4O2. The van der Waals surface area contributed by atoms with E-state index >= 15 is 0 Å². The summed E-state index contributed by atoms with van der Waals surface area (Å²) >= 11 is 5.96. The minimum atomic E-state index is -0.661. The number of benzene rings is 2. The van der Waals surface area contributed by atoms with E-state index in [1.54, 1.807) is 24.3 Å². The number of carbonyl (C=O) groups excluding carboxylic acids is 2. The Hall–Kier alpha value is -2.57. The summed E-state index contributed by atoms with van der Waals surface area (Å²) in [5.41, 5.74) is 7.24. The smallest absolute Gasteiger partial charge is 0.312 e. The fraction of sp³-hybridized carbons (Fsp3) is 0.333. The SMILES string of the molecule is CN1CCN(C(=O)C[C@H](NC(N)=O)c2ccc(Cl)cc2)[C@H](c2ccccc2)C1. The fourth-order valence-electron chi connectivity index (χ4n) is 3.59. The molecule has 0 aromatic heterocycles. The highest BCUT2D eigenvalue weighted by molar-refractivity contribution is 6.30. The van der Waals surface area contributed by atoms with E-state index in [0.29, 0.717) is 11.6 Å². The molecule has 0 saturated carbocycles. The molecule has 7 heteroatoms. The Kier molecular flexibility index (Phi) is 6.54. The van der Waals surface area contributed by atoms with Gasteiger partial charge in [0.1, 0.15) is 0 Å². The maximum atomic E-state index is 13.2. The number of primary amides is 1. The second-order valence-corrected chi connectivity index (χ2v) is 7.53. The molecule has 0 spiro atoms. The molecule has 2 atom stereocenters. The second-order valence-electron chi connectivity index (χ2n) is 7.09. The van der Waals surface area contributed by atoms with Gasteiger partial charge >= 0.3 is 6.03 Å². The van der Waals surface area contributed by atoms with Crippen LogP contribution < -0.4 is 11.1 Å². The van der Waals surface area contributed by atoms with Gasteiger partial charge in [0.25, 0.3) is 0 Å². The number of urea groups is 1. The molecule has 2 aromatic carbocycles. The normalized spacial score (nSPS) is 18.5. The van der Waals surface area contributed by atoms with Crippen LogP contribution in [0.15, 0.2) is 54.6 Å². The standard InChI is InChI=1S/C21H25ClN4O2/c1-25-11-12-26(19(14-25)16-5-3-2-4-6-16)20(27)13-18(24-21(23)28)15-7-9-17(22)10-8-15/h2-10,18-19H,11-14H2,1H3,(H3,23,24,28)/t18-,19-/m0/s1. The first-order chi connectivity index (χ1) is 13.4. The van der Waals surface area contributed by atoms with Crippen molar-refractivity contribution in [3.8, 4) is 0 Å². The second kappa shape index (κ2) is 9.08. The summed E-state index contributed by atoms with van der Waals surface area (Å²) in [6, 6.07) is 15.9. The van der Waals surface area contributed by atoms with Crippen LogP contribution in [0.2, 0.25) is 5.02 Å². The lowest BCUT2D eigenvalue weighted by atomic mass is 9.99. The van der Waals surface area contributed by atoms with Crippen molar-refractivity contribution in [3.05, 3.63) is 70.7 Å². The first kappa shape index (κ1) is 20.2. The lowest BCUT2D eigenvalue weighted by molar-refractivity contribution is -0.136. The summed E-state index contributed by atoms with van der Waals surface area (Å²) in [6.07, 6.45) is 0.137. The van der Waals surface area contributed by atoms with Crippen molar-refractivity contribution in [1.82, 2.24) is 15.1 Å². The van der Waals surface area contributed by atoms with Crippen LogP contribution in [-0.4, -0.2) is 48.4 Å². The molecule has 1 saturated heterocycles. The number of halogens is 1. The van der Waals surface area contributed by atoms with Crippen LogP contribution in [0.5, 0.6) is 0 Å². The van der Waals surface area contributed by atoms with Crippen molar-refractivity contribution in [2.45, 2.75) is 18.5 Å². The molecule has 3 amide bonds. The first-order valence-corrected chi connectivity index (χ1v) is 9.66. The molecule has 0 radical (unpaired) electrons. The molecule has 0 aliphatic carbocycles. The molecule has 0 unspecified atom stereocenters. The highest BCUT2D eigenvalue weighted by Crippen LogP contribution is 2.28. The van der Waals surface area contributed by atoms with Gasteiger partial charge in [-0.1, -0.05) is 54.1 Å². The van der Waals surface area contributed by atoms with Crippen LogP contribution in [0.4, 0.5) is 4.79 Å². The van der Waals surface area contributed by atoms with Gasteiger partial charge in [-0.2, -0.15) is 0 Å². The van der Waals surface area contributed by atoms with Gasteiger partial charge < -0.3 is 20.9 Å². The first-order valence-electron chi connectivity index (χ1n) is 9.28. The Bertz CT molecular complexity index is 813. The van der Waals surface area contributed by atoms with E-state index in [1.165, 1.54) is 0 Å². The van der Waals surface area contributed by atoms with Crippen molar-refractivity contribution >= 4 is 23.5 Å². The average molecular weight is 401 g/mol. The third-order valence-corrected chi connectivity index (χ3v) is 5.31. The minimum absolute atomic E-state index is 0.0179. The highest BCUT2D eigenvalue weighted by atomic mass is 35.5. The van der Waals surface area contributed by atoms with Gasteiger partial charge in [0.15, 0.2) is 0 Å². The number of nitrogens with zero attached hydrogens (tertiary/aromatic N) is 2. The van der Waals surface area contributed by atoms with E-state index in [4.69, 9.17) is 17.3 Å². The summed E-state index contributed by atoms with van der Waals surface area (Å²) in [5.74, 6) is -0.0179. The number of hydrogen-bond donors (Lipinski definition) is 2. The van der Waals surface area contributed by atoms with Gasteiger partial charge in [0, 0.05) is 24.7 Å². The Morgan fingerprint density at radius 2 is 1.82 bits per heavy atom. The molecule has 148 valence electrons. The van der Waals surface area contributed by atoms with Gasteiger partial charge in [-0.15, -0.1) is 0 Å². The molecule has 1 heterocycles. The van der Waals surface area contributed by atoms with E-state index < -0.39 is 12.1 Å². The van der Waals surface area contributed by atoms with E-state index in [0.717, 1.165) is 24.2 Å². The van der Waals surface area contributed by atoms with Crippen LogP contribution in [0.25, 0.3) is 0 Å². The zero-order valence-corrected chi connectivity index (χ0v) is 16.6. The van der Waals surface area contributed by atoms with Gasteiger partial charge in [-0.25, -0.2) is 4.79 Å². The van der Waals surface area contributed by atoms with Gasteiger partial charge in [-0.3, -0.25) is 4.79 Å². The molecule has 2 aromatic rings. The number of rotatable bonds is 5. The fourth-order valence-corrected chi connectivity index (χ4v) is 3.72. The predicted molar refractivity (Wildman–Crippen MR) is 110 cm³/mol. The Morgan fingerprint density at radius 3 is 2.46 bits per heavy atom. The number of likely N-dealkylation sites (N-methyl/N-ethyl adjacent to an activating group) is 1. The lowest BCUT2D eigenvalue weighted by Gasteiger charge is -2.41. The molecule has 3 rings (SSSR count). The number of nitrogens with two attached hydrogens (primary N) is 1. The Labute approximate surface area is 170 Å². The van der Waals surface area contributed by atoms with E-state index in [1.807, 2.05) is 35.2 Å². The van der Waals surface area contributed by atoms with Crippen LogP contribution >= 0.6 is 11.6 Å². The van der Waals surface area contributed by atoms with E-state index in [-0.39, 0.29) is 18.4 Å². The zero-order chi connectivity index (χ0) is 20.1. The number of nitrogens with one attached hydrogen (secondary N) is 1. The van der Waals surface area contributed by atoms with Gasteiger partial charge in [0.05, 0.1) is 18.5 Å². The van der Waals surface area contributed by atoms with Gasteiger partial charge in [-0.05, 0) is 30.3 Å². The molecule has 1 aliphatic heterocycles. The molecule has 28 heavy (non-hydrogen) atoms. The van der Waals surface area contributed by atoms with Crippen LogP contribution in [0.1, 0.15) is 29.6 Å². The summed E-state index contributed by atoms with van der Waals surface area (Å²) in [4.78, 5) is 28.8. The molecular weight excluding hydrogens is 376 g/mol. The summed E-state index contributed by atoms with van der Waals surface area (Å²) in [5, 5.41) is 3.28. The van der Waals surface area contributed by atoms with Crippen molar-refractivity contribution in [1.29, 1.82) is 0 Å². The zero-order valence-electron chi connectivity index (χ0n) is 15.8. The monoisotopic (exact) mass is 400 g/mol. The molecule has 3 N–H and O–H groups in total. The van der Waals surface area contributed by atoms with Crippen LogP contribution in [0, 0.1) is 0 Å². The third kappa shape index (κ3) is 5.03. The molecule has 6 nitrogen and oxygen atoms in total. The van der Waals surface area contributed by atoms with Crippen molar-refractivity contribution < 1.29 is 9.59 Å². The summed E-state index contributed by atoms with van der Waals surface area (Å²) in [6.45, 7) is 2.22. The number of amides is 3. The van der Waals surface area contributed by atoms with E-state index in [9.17, 15) is 9.59 Å². The number of piperazine rings is 1. The highest BCUT2D eigenvalue weighted by Gasteiger charge is 2.31. The molecule has 0 bridgehead atoms. The van der Waals surface area contributed by atoms with E-state index in [2.05, 4.69) is 17.3 Å². The summed E-state index contributed by atoms with van der Waals surface area (Å²) < 4.78 is 0. The van der Waals surface area contributed by atoms with Crippen molar-refractivity contribution in [2.24, 2.45) is 5.73 Å². The molecule has 1 fully saturated rings. The largest absolute Gasteiger partial charge is 0.352 e. The quantitative estimate of drug-likeness (QED) is 0.809. The Morgan fingerprint density at radius 1 is 1.14 bits per heavy atom. The lowest BCUT2D eigenvalue weighted by Crippen LogP contribution is -2.50. The maximum absolute atomic E-state index is 13.2. The van der Waals surface area contributed by atoms with Crippen molar-refractivity contribution in [3.63, 3.8) is 0 Å². The van der Waals surface area contributed by atoms with Crippen molar-refractivity contribution in [2.75, 3.05) is 26.7 Å². The summed E-state index contributed by atoms with van der Waals surface area (Å²) in [7, 11) is 2.06. The number of carbonyl (C=O) groups is 2. The van der Waals surface area contributed by atoms with Gasteiger partial charge in [0.2, 0.25) is 5.91 Å². The maximum Gasteiger partial charge on any atom is 0.312 e. The third-order valence-electron chi connectivity index (χ3n) is 5.06.